The van der Waals surface area contributed by atoms with E-state index >= 15 is 0 Å². The summed E-state index contributed by atoms with van der Waals surface area (Å²) in [5.74, 6) is -0.998. The molecule has 0 radical (unpaired) electrons. The standard InChI is InChI=1S/C10H10N4O2S/c1-6-3-4-7(9(15)16)8(13-6)17-10-11-5-12-14(10)2/h3-5H,1-2H3,(H,15,16). The SMILES string of the molecule is Cc1ccc(C(=O)O)c(Sc2ncnn2C)n1. The normalized spacial score (nSPS) is 10.5. The van der Waals surface area contributed by atoms with Crippen LogP contribution in [0.5, 0.6) is 0 Å². The third-order valence-corrected chi connectivity index (χ3v) is 3.14. The van der Waals surface area contributed by atoms with Crippen LogP contribution in [-0.4, -0.2) is 30.8 Å². The number of aryl methyl sites for hydroxylation is 2. The average Bonchev–Trinajstić information content (AvgIpc) is 2.64. The number of nitrogens with zero attached hydrogens (tertiary/aromatic N) is 4. The minimum absolute atomic E-state index is 0.170. The van der Waals surface area contributed by atoms with Crippen molar-refractivity contribution in [2.75, 3.05) is 0 Å². The number of rotatable bonds is 3. The van der Waals surface area contributed by atoms with Crippen LogP contribution in [0.2, 0.25) is 0 Å². The van der Waals surface area contributed by atoms with Gasteiger partial charge >= 0.3 is 5.97 Å². The van der Waals surface area contributed by atoms with E-state index in [4.69, 9.17) is 5.11 Å². The quantitative estimate of drug-likeness (QED) is 0.886. The second-order valence-electron chi connectivity index (χ2n) is 3.38. The highest BCUT2D eigenvalue weighted by Gasteiger charge is 2.15. The van der Waals surface area contributed by atoms with E-state index in [0.29, 0.717) is 10.2 Å². The molecule has 0 unspecified atom stereocenters. The molecular formula is C10H10N4O2S. The Morgan fingerprint density at radius 1 is 1.47 bits per heavy atom. The van der Waals surface area contributed by atoms with Crippen LogP contribution >= 0.6 is 11.8 Å². The first-order chi connectivity index (χ1) is 8.08. The molecule has 0 saturated heterocycles. The Labute approximate surface area is 102 Å². The lowest BCUT2D eigenvalue weighted by molar-refractivity contribution is 0.0692. The summed E-state index contributed by atoms with van der Waals surface area (Å²) in [4.78, 5) is 19.3. The summed E-state index contributed by atoms with van der Waals surface area (Å²) in [5.41, 5.74) is 0.934. The zero-order valence-electron chi connectivity index (χ0n) is 9.28. The van der Waals surface area contributed by atoms with Gasteiger partial charge in [0.05, 0.1) is 5.56 Å². The predicted molar refractivity (Wildman–Crippen MR) is 61.1 cm³/mol. The topological polar surface area (TPSA) is 80.9 Å². The Hall–Kier alpha value is -1.89. The van der Waals surface area contributed by atoms with Crippen molar-refractivity contribution in [2.45, 2.75) is 17.1 Å². The van der Waals surface area contributed by atoms with E-state index < -0.39 is 5.97 Å². The van der Waals surface area contributed by atoms with Crippen molar-refractivity contribution in [3.8, 4) is 0 Å². The predicted octanol–water partition coefficient (Wildman–Crippen LogP) is 1.37. The van der Waals surface area contributed by atoms with Gasteiger partial charge in [-0.05, 0) is 30.8 Å². The van der Waals surface area contributed by atoms with Gasteiger partial charge in [-0.3, -0.25) is 0 Å². The van der Waals surface area contributed by atoms with E-state index in [0.717, 1.165) is 5.69 Å². The highest BCUT2D eigenvalue weighted by atomic mass is 32.2. The number of carboxylic acid groups (broad SMARTS) is 1. The number of hydrogen-bond acceptors (Lipinski definition) is 5. The largest absolute Gasteiger partial charge is 0.478 e. The number of carboxylic acids is 1. The first kappa shape index (κ1) is 11.6. The molecule has 0 bridgehead atoms. The van der Waals surface area contributed by atoms with E-state index in [2.05, 4.69) is 15.1 Å². The number of aromatic nitrogens is 4. The fraction of sp³-hybridized carbons (Fsp3) is 0.200. The number of aromatic carboxylic acids is 1. The Balaban J connectivity index is 2.41. The van der Waals surface area contributed by atoms with E-state index in [1.165, 1.54) is 18.1 Å². The molecule has 7 heteroatoms. The Morgan fingerprint density at radius 3 is 2.82 bits per heavy atom. The summed E-state index contributed by atoms with van der Waals surface area (Å²) < 4.78 is 1.57. The number of pyridine rings is 1. The van der Waals surface area contributed by atoms with Crippen LogP contribution in [0, 0.1) is 6.92 Å². The summed E-state index contributed by atoms with van der Waals surface area (Å²) in [5, 5.41) is 14.0. The van der Waals surface area contributed by atoms with Crippen LogP contribution in [0.25, 0.3) is 0 Å². The monoisotopic (exact) mass is 250 g/mol. The first-order valence-electron chi connectivity index (χ1n) is 4.80. The molecule has 17 heavy (non-hydrogen) atoms. The van der Waals surface area contributed by atoms with Gasteiger partial charge in [0.25, 0.3) is 0 Å². The first-order valence-corrected chi connectivity index (χ1v) is 5.62. The maximum atomic E-state index is 11.1. The molecule has 0 aromatic carbocycles. The molecule has 2 aromatic heterocycles. The second-order valence-corrected chi connectivity index (χ2v) is 4.33. The average molecular weight is 250 g/mol. The van der Waals surface area contributed by atoms with Crippen molar-refractivity contribution in [1.82, 2.24) is 19.7 Å². The third-order valence-electron chi connectivity index (χ3n) is 2.09. The zero-order valence-corrected chi connectivity index (χ0v) is 10.1. The molecule has 88 valence electrons. The molecular weight excluding hydrogens is 240 g/mol. The van der Waals surface area contributed by atoms with Gasteiger partial charge in [-0.25, -0.2) is 19.4 Å². The highest BCUT2D eigenvalue weighted by molar-refractivity contribution is 7.99. The molecule has 0 spiro atoms. The lowest BCUT2D eigenvalue weighted by Crippen LogP contribution is -2.02. The molecule has 2 rings (SSSR count). The van der Waals surface area contributed by atoms with Gasteiger partial charge in [-0.2, -0.15) is 5.10 Å². The Morgan fingerprint density at radius 2 is 2.24 bits per heavy atom. The van der Waals surface area contributed by atoms with E-state index in [9.17, 15) is 4.79 Å². The van der Waals surface area contributed by atoms with E-state index in [1.54, 1.807) is 23.9 Å². The van der Waals surface area contributed by atoms with Gasteiger partial charge in [-0.1, -0.05) is 0 Å². The minimum Gasteiger partial charge on any atom is -0.478 e. The maximum Gasteiger partial charge on any atom is 0.338 e. The van der Waals surface area contributed by atoms with Crippen LogP contribution in [0.15, 0.2) is 28.6 Å². The molecule has 0 aliphatic rings. The number of carbonyl (C=O) groups is 1. The molecule has 2 aromatic rings. The summed E-state index contributed by atoms with van der Waals surface area (Å²) in [6.07, 6.45) is 1.42. The summed E-state index contributed by atoms with van der Waals surface area (Å²) in [7, 11) is 1.74. The van der Waals surface area contributed by atoms with Gasteiger partial charge in [0.2, 0.25) is 0 Å². The Kier molecular flexibility index (Phi) is 3.10. The molecule has 0 aliphatic heterocycles. The van der Waals surface area contributed by atoms with Crippen LogP contribution < -0.4 is 0 Å². The molecule has 0 saturated carbocycles. The van der Waals surface area contributed by atoms with Crippen LogP contribution in [0.3, 0.4) is 0 Å². The molecule has 0 amide bonds. The zero-order chi connectivity index (χ0) is 12.4. The maximum absolute atomic E-state index is 11.1. The van der Waals surface area contributed by atoms with Gasteiger partial charge in [0, 0.05) is 12.7 Å². The molecule has 0 atom stereocenters. The van der Waals surface area contributed by atoms with Crippen molar-refractivity contribution in [1.29, 1.82) is 0 Å². The molecule has 0 aliphatic carbocycles. The van der Waals surface area contributed by atoms with Gasteiger partial charge < -0.3 is 5.11 Å². The lowest BCUT2D eigenvalue weighted by Gasteiger charge is -2.04. The smallest absolute Gasteiger partial charge is 0.338 e. The van der Waals surface area contributed by atoms with Crippen molar-refractivity contribution >= 4 is 17.7 Å². The molecule has 1 N–H and O–H groups in total. The molecule has 6 nitrogen and oxygen atoms in total. The fourth-order valence-electron chi connectivity index (χ4n) is 1.24. The molecule has 2 heterocycles. The highest BCUT2D eigenvalue weighted by Crippen LogP contribution is 2.26. The second kappa shape index (κ2) is 4.54. The van der Waals surface area contributed by atoms with Crippen LogP contribution in [0.4, 0.5) is 0 Å². The lowest BCUT2D eigenvalue weighted by atomic mass is 10.2. The summed E-state index contributed by atoms with van der Waals surface area (Å²) in [6, 6.07) is 3.22. The van der Waals surface area contributed by atoms with Crippen LogP contribution in [0.1, 0.15) is 16.1 Å². The van der Waals surface area contributed by atoms with Crippen LogP contribution in [-0.2, 0) is 7.05 Å². The summed E-state index contributed by atoms with van der Waals surface area (Å²) >= 11 is 1.19. The number of hydrogen-bond donors (Lipinski definition) is 1. The minimum atomic E-state index is -0.998. The van der Waals surface area contributed by atoms with Crippen molar-refractivity contribution < 1.29 is 9.90 Å². The van der Waals surface area contributed by atoms with Gasteiger partial charge in [0.1, 0.15) is 11.4 Å². The Bertz CT molecular complexity index is 567. The van der Waals surface area contributed by atoms with Gasteiger partial charge in [0.15, 0.2) is 5.16 Å². The molecule has 0 fully saturated rings. The summed E-state index contributed by atoms with van der Waals surface area (Å²) in [6.45, 7) is 1.81. The van der Waals surface area contributed by atoms with Crippen molar-refractivity contribution in [3.05, 3.63) is 29.7 Å². The fourth-order valence-corrected chi connectivity index (χ4v) is 2.14. The van der Waals surface area contributed by atoms with E-state index in [1.807, 2.05) is 6.92 Å². The van der Waals surface area contributed by atoms with Gasteiger partial charge in [-0.15, -0.1) is 0 Å². The van der Waals surface area contributed by atoms with E-state index in [-0.39, 0.29) is 5.56 Å². The third kappa shape index (κ3) is 2.44. The van der Waals surface area contributed by atoms with Crippen molar-refractivity contribution in [2.24, 2.45) is 7.05 Å². The van der Waals surface area contributed by atoms with Crippen molar-refractivity contribution in [3.63, 3.8) is 0 Å².